The number of rotatable bonds is 3. The molecule has 0 fully saturated rings. The minimum Gasteiger partial charge on any atom is -0.383 e. The van der Waals surface area contributed by atoms with Crippen LogP contribution in [0, 0.1) is 0 Å². The van der Waals surface area contributed by atoms with Crippen molar-refractivity contribution in [2.75, 3.05) is 17.7 Å². The van der Waals surface area contributed by atoms with Gasteiger partial charge in [-0.15, -0.1) is 0 Å². The predicted molar refractivity (Wildman–Crippen MR) is 74.5 cm³/mol. The van der Waals surface area contributed by atoms with Gasteiger partial charge in [0.05, 0.1) is 4.90 Å². The number of aromatic nitrogens is 2. The van der Waals surface area contributed by atoms with E-state index < -0.39 is 9.84 Å². The van der Waals surface area contributed by atoms with Crippen LogP contribution in [0.1, 0.15) is 0 Å². The summed E-state index contributed by atoms with van der Waals surface area (Å²) < 4.78 is 22.7. The van der Waals surface area contributed by atoms with Crippen molar-refractivity contribution in [2.24, 2.45) is 0 Å². The number of nitrogens with zero attached hydrogens (tertiary/aromatic N) is 2. The molecule has 2 rings (SSSR count). The van der Waals surface area contributed by atoms with Crippen molar-refractivity contribution in [1.29, 1.82) is 0 Å². The van der Waals surface area contributed by atoms with Crippen molar-refractivity contribution in [3.8, 4) is 0 Å². The van der Waals surface area contributed by atoms with Gasteiger partial charge in [-0.3, -0.25) is 0 Å². The molecule has 1 aromatic heterocycles. The first-order valence-corrected chi connectivity index (χ1v) is 7.93. The lowest BCUT2D eigenvalue weighted by Crippen LogP contribution is -2.00. The Balaban J connectivity index is 2.24. The molecule has 0 atom stereocenters. The number of anilines is 2. The van der Waals surface area contributed by atoms with E-state index in [4.69, 9.17) is 11.5 Å². The van der Waals surface area contributed by atoms with Crippen molar-refractivity contribution in [3.05, 3.63) is 30.3 Å². The predicted octanol–water partition coefficient (Wildman–Crippen LogP) is 1.20. The highest BCUT2D eigenvalue weighted by Crippen LogP contribution is 2.28. The van der Waals surface area contributed by atoms with Gasteiger partial charge in [0, 0.05) is 17.2 Å². The molecule has 100 valence electrons. The highest BCUT2D eigenvalue weighted by Gasteiger charge is 2.07. The maximum absolute atomic E-state index is 11.3. The third-order valence-corrected chi connectivity index (χ3v) is 4.27. The van der Waals surface area contributed by atoms with Crippen LogP contribution in [0.3, 0.4) is 0 Å². The lowest BCUT2D eigenvalue weighted by molar-refractivity contribution is 0.602. The van der Waals surface area contributed by atoms with Crippen LogP contribution in [0.4, 0.5) is 11.8 Å². The minimum absolute atomic E-state index is 0.107. The normalized spacial score (nSPS) is 11.4. The molecule has 1 aromatic carbocycles. The fourth-order valence-electron chi connectivity index (χ4n) is 1.39. The van der Waals surface area contributed by atoms with Gasteiger partial charge in [0.1, 0.15) is 10.8 Å². The molecule has 19 heavy (non-hydrogen) atoms. The molecule has 0 aliphatic heterocycles. The zero-order valence-electron chi connectivity index (χ0n) is 10.1. The summed E-state index contributed by atoms with van der Waals surface area (Å²) in [4.78, 5) is 8.92. The van der Waals surface area contributed by atoms with Gasteiger partial charge in [-0.05, 0) is 24.3 Å². The molecule has 0 aliphatic rings. The van der Waals surface area contributed by atoms with E-state index in [9.17, 15) is 8.42 Å². The van der Waals surface area contributed by atoms with Crippen molar-refractivity contribution in [2.45, 2.75) is 14.8 Å². The molecule has 6 nitrogen and oxygen atoms in total. The Labute approximate surface area is 115 Å². The molecule has 8 heteroatoms. The van der Waals surface area contributed by atoms with Crippen LogP contribution in [0.5, 0.6) is 0 Å². The molecule has 1 heterocycles. The van der Waals surface area contributed by atoms with Gasteiger partial charge < -0.3 is 11.5 Å². The molecule has 2 aromatic rings. The fraction of sp³-hybridized carbons (Fsp3) is 0.0909. The summed E-state index contributed by atoms with van der Waals surface area (Å²) >= 11 is 1.33. The van der Waals surface area contributed by atoms with Crippen LogP contribution in [0.15, 0.2) is 45.1 Å². The number of nitrogen functional groups attached to an aromatic ring is 2. The molecule has 0 unspecified atom stereocenters. The Morgan fingerprint density at radius 3 is 2.26 bits per heavy atom. The van der Waals surface area contributed by atoms with Gasteiger partial charge in [-0.25, -0.2) is 13.4 Å². The molecule has 0 spiro atoms. The van der Waals surface area contributed by atoms with E-state index in [-0.39, 0.29) is 10.8 Å². The van der Waals surface area contributed by atoms with Crippen LogP contribution in [-0.4, -0.2) is 24.6 Å². The summed E-state index contributed by atoms with van der Waals surface area (Å²) in [5.41, 5.74) is 11.1. The first-order valence-electron chi connectivity index (χ1n) is 5.22. The molecule has 0 saturated heterocycles. The van der Waals surface area contributed by atoms with Crippen molar-refractivity contribution in [3.63, 3.8) is 0 Å². The van der Waals surface area contributed by atoms with Crippen molar-refractivity contribution < 1.29 is 8.42 Å². The van der Waals surface area contributed by atoms with E-state index in [1.54, 1.807) is 30.3 Å². The summed E-state index contributed by atoms with van der Waals surface area (Å²) in [7, 11) is -3.18. The zero-order chi connectivity index (χ0) is 14.0. The lowest BCUT2D eigenvalue weighted by atomic mass is 10.4. The zero-order valence-corrected chi connectivity index (χ0v) is 11.7. The van der Waals surface area contributed by atoms with Gasteiger partial charge in [0.15, 0.2) is 9.84 Å². The van der Waals surface area contributed by atoms with E-state index in [1.807, 2.05) is 0 Å². The van der Waals surface area contributed by atoms with Gasteiger partial charge in [0.25, 0.3) is 0 Å². The summed E-state index contributed by atoms with van der Waals surface area (Å²) in [6.07, 6.45) is 1.17. The number of hydrogen-bond donors (Lipinski definition) is 2. The molecular formula is C11H12N4O2S2. The van der Waals surface area contributed by atoms with E-state index in [0.717, 1.165) is 4.90 Å². The monoisotopic (exact) mass is 296 g/mol. The van der Waals surface area contributed by atoms with Crippen LogP contribution in [0.2, 0.25) is 0 Å². The average molecular weight is 296 g/mol. The Hall–Kier alpha value is -1.80. The maximum atomic E-state index is 11.3. The van der Waals surface area contributed by atoms with Crippen LogP contribution < -0.4 is 11.5 Å². The summed E-state index contributed by atoms with van der Waals surface area (Å²) in [6.45, 7) is 0. The Morgan fingerprint density at radius 2 is 1.74 bits per heavy atom. The lowest BCUT2D eigenvalue weighted by Gasteiger charge is -2.04. The molecule has 0 aliphatic carbocycles. The van der Waals surface area contributed by atoms with Gasteiger partial charge in [-0.1, -0.05) is 11.8 Å². The summed E-state index contributed by atoms with van der Waals surface area (Å²) in [5.74, 6) is 0.401. The second-order valence-electron chi connectivity index (χ2n) is 3.83. The molecule has 0 saturated carbocycles. The average Bonchev–Trinajstić information content (AvgIpc) is 2.26. The maximum Gasteiger partial charge on any atom is 0.223 e. The standard InChI is InChI=1S/C11H12N4O2S2/c1-19(16,17)8-4-2-7(3-5-8)18-10-6-9(12)14-11(13)15-10/h2-6H,1H3,(H4,12,13,14,15). The third kappa shape index (κ3) is 3.58. The Kier molecular flexibility index (Phi) is 3.63. The third-order valence-electron chi connectivity index (χ3n) is 2.21. The smallest absolute Gasteiger partial charge is 0.223 e. The number of benzene rings is 1. The van der Waals surface area contributed by atoms with E-state index in [1.165, 1.54) is 18.0 Å². The summed E-state index contributed by atoms with van der Waals surface area (Å²) in [6, 6.07) is 8.10. The van der Waals surface area contributed by atoms with Gasteiger partial charge in [-0.2, -0.15) is 4.98 Å². The van der Waals surface area contributed by atoms with Crippen LogP contribution >= 0.6 is 11.8 Å². The van der Waals surface area contributed by atoms with Crippen LogP contribution in [-0.2, 0) is 9.84 Å². The second kappa shape index (κ2) is 5.06. The quantitative estimate of drug-likeness (QED) is 0.818. The van der Waals surface area contributed by atoms with Crippen molar-refractivity contribution in [1.82, 2.24) is 9.97 Å². The fourth-order valence-corrected chi connectivity index (χ4v) is 2.85. The molecular weight excluding hydrogens is 284 g/mol. The van der Waals surface area contributed by atoms with Crippen LogP contribution in [0.25, 0.3) is 0 Å². The first kappa shape index (κ1) is 13.6. The Morgan fingerprint density at radius 1 is 1.11 bits per heavy atom. The van der Waals surface area contributed by atoms with Crippen molar-refractivity contribution >= 4 is 33.4 Å². The van der Waals surface area contributed by atoms with E-state index in [0.29, 0.717) is 10.8 Å². The first-order chi connectivity index (χ1) is 8.84. The topological polar surface area (TPSA) is 112 Å². The number of sulfone groups is 1. The van der Waals surface area contributed by atoms with E-state index >= 15 is 0 Å². The largest absolute Gasteiger partial charge is 0.383 e. The molecule has 0 radical (unpaired) electrons. The van der Waals surface area contributed by atoms with Gasteiger partial charge >= 0.3 is 0 Å². The van der Waals surface area contributed by atoms with E-state index in [2.05, 4.69) is 9.97 Å². The van der Waals surface area contributed by atoms with Gasteiger partial charge in [0.2, 0.25) is 5.95 Å². The minimum atomic E-state index is -3.18. The number of nitrogens with two attached hydrogens (primary N) is 2. The SMILES string of the molecule is CS(=O)(=O)c1ccc(Sc2cc(N)nc(N)n2)cc1. The second-order valence-corrected chi connectivity index (χ2v) is 6.94. The molecule has 0 amide bonds. The summed E-state index contributed by atoms with van der Waals surface area (Å²) in [5, 5.41) is 0.608. The highest BCUT2D eigenvalue weighted by atomic mass is 32.2. The molecule has 4 N–H and O–H groups in total. The number of hydrogen-bond acceptors (Lipinski definition) is 7. The Bertz CT molecular complexity index is 679. The molecule has 0 bridgehead atoms. The highest BCUT2D eigenvalue weighted by molar-refractivity contribution is 7.99.